The van der Waals surface area contributed by atoms with Crippen LogP contribution < -0.4 is 10.6 Å². The Morgan fingerprint density at radius 1 is 1.07 bits per heavy atom. The molecule has 0 saturated carbocycles. The molecule has 0 radical (unpaired) electrons. The molecule has 154 valence electrons. The highest BCUT2D eigenvalue weighted by molar-refractivity contribution is 6.05. The largest absolute Gasteiger partial charge is 0.388 e. The summed E-state index contributed by atoms with van der Waals surface area (Å²) in [5.41, 5.74) is 2.49. The highest BCUT2D eigenvalue weighted by Crippen LogP contribution is 2.20. The summed E-state index contributed by atoms with van der Waals surface area (Å²) >= 11 is 0. The molecule has 0 aromatic heterocycles. The molecule has 1 saturated heterocycles. The van der Waals surface area contributed by atoms with Gasteiger partial charge in [0.2, 0.25) is 5.91 Å². The first-order chi connectivity index (χ1) is 14.0. The zero-order valence-corrected chi connectivity index (χ0v) is 16.6. The van der Waals surface area contributed by atoms with Gasteiger partial charge in [0.15, 0.2) is 0 Å². The number of aliphatic hydroxyl groups excluding tert-OH is 1. The maximum Gasteiger partial charge on any atom is 0.255 e. The Morgan fingerprint density at radius 2 is 1.79 bits per heavy atom. The second kappa shape index (κ2) is 10.2. The highest BCUT2D eigenvalue weighted by atomic mass is 16.5. The number of rotatable bonds is 7. The normalized spacial score (nSPS) is 15.5. The van der Waals surface area contributed by atoms with Crippen molar-refractivity contribution in [3.8, 4) is 0 Å². The molecular weight excluding hydrogens is 370 g/mol. The van der Waals surface area contributed by atoms with E-state index in [1.54, 1.807) is 36.4 Å². The van der Waals surface area contributed by atoms with Crippen LogP contribution in [-0.4, -0.2) is 54.7 Å². The highest BCUT2D eigenvalue weighted by Gasteiger charge is 2.14. The van der Waals surface area contributed by atoms with E-state index >= 15 is 0 Å². The van der Waals surface area contributed by atoms with E-state index in [0.717, 1.165) is 38.4 Å². The van der Waals surface area contributed by atoms with Crippen molar-refractivity contribution in [2.24, 2.45) is 0 Å². The molecule has 2 amide bonds. The van der Waals surface area contributed by atoms with Gasteiger partial charge in [0.1, 0.15) is 0 Å². The summed E-state index contributed by atoms with van der Waals surface area (Å²) in [4.78, 5) is 25.9. The predicted molar refractivity (Wildman–Crippen MR) is 112 cm³/mol. The van der Waals surface area contributed by atoms with Gasteiger partial charge in [-0.2, -0.15) is 0 Å². The van der Waals surface area contributed by atoms with E-state index in [-0.39, 0.29) is 11.8 Å². The fraction of sp³-hybridized carbons (Fsp3) is 0.364. The lowest BCUT2D eigenvalue weighted by atomic mass is 10.1. The van der Waals surface area contributed by atoms with Crippen molar-refractivity contribution in [2.75, 3.05) is 43.5 Å². The number of nitrogens with one attached hydrogen (secondary N) is 2. The van der Waals surface area contributed by atoms with Gasteiger partial charge in [0.05, 0.1) is 19.3 Å². The summed E-state index contributed by atoms with van der Waals surface area (Å²) in [6.45, 7) is 5.55. The number of benzene rings is 2. The Balaban J connectivity index is 1.54. The molecule has 0 spiro atoms. The van der Waals surface area contributed by atoms with E-state index in [2.05, 4.69) is 15.5 Å². The van der Waals surface area contributed by atoms with Crippen LogP contribution in [0.1, 0.15) is 35.4 Å². The van der Waals surface area contributed by atoms with Crippen molar-refractivity contribution >= 4 is 23.2 Å². The zero-order chi connectivity index (χ0) is 20.6. The molecule has 2 aromatic rings. The lowest BCUT2D eigenvalue weighted by Crippen LogP contribution is -2.37. The first-order valence-corrected chi connectivity index (χ1v) is 9.78. The molecule has 1 aliphatic heterocycles. The first kappa shape index (κ1) is 21.0. The summed E-state index contributed by atoms with van der Waals surface area (Å²) in [6, 6.07) is 14.0. The van der Waals surface area contributed by atoms with Crippen LogP contribution in [0.25, 0.3) is 0 Å². The minimum absolute atomic E-state index is 0.190. The first-order valence-electron chi connectivity index (χ1n) is 9.78. The maximum atomic E-state index is 12.5. The number of hydrogen-bond donors (Lipinski definition) is 3. The van der Waals surface area contributed by atoms with Crippen molar-refractivity contribution in [1.29, 1.82) is 0 Å². The Hall–Kier alpha value is -2.74. The summed E-state index contributed by atoms with van der Waals surface area (Å²) in [5.74, 6) is -0.455. The van der Waals surface area contributed by atoms with Crippen LogP contribution in [-0.2, 0) is 9.53 Å². The molecule has 2 aromatic carbocycles. The molecule has 0 aliphatic carbocycles. The lowest BCUT2D eigenvalue weighted by Gasteiger charge is -2.27. The third-order valence-corrected chi connectivity index (χ3v) is 4.82. The van der Waals surface area contributed by atoms with Gasteiger partial charge in [-0.05, 0) is 42.3 Å². The minimum Gasteiger partial charge on any atom is -0.388 e. The molecule has 1 aliphatic rings. The second-order valence-corrected chi connectivity index (χ2v) is 7.10. The van der Waals surface area contributed by atoms with E-state index < -0.39 is 6.10 Å². The van der Waals surface area contributed by atoms with Gasteiger partial charge in [0, 0.05) is 43.5 Å². The van der Waals surface area contributed by atoms with Gasteiger partial charge < -0.3 is 20.5 Å². The van der Waals surface area contributed by atoms with Crippen LogP contribution in [0, 0.1) is 0 Å². The number of carbonyl (C=O) groups is 2. The predicted octanol–water partition coefficient (Wildman–Crippen LogP) is 2.65. The maximum absolute atomic E-state index is 12.5. The van der Waals surface area contributed by atoms with E-state index in [1.165, 1.54) is 6.92 Å². The molecule has 1 fully saturated rings. The molecule has 29 heavy (non-hydrogen) atoms. The van der Waals surface area contributed by atoms with E-state index in [1.807, 2.05) is 12.1 Å². The molecule has 0 bridgehead atoms. The zero-order valence-electron chi connectivity index (χ0n) is 16.6. The standard InChI is InChI=1S/C22H27N3O4/c1-16(26)23-20-4-2-3-18(15-20)22(28)24-19-7-5-17(6-8-19)21(27)9-10-25-11-13-29-14-12-25/h2-8,15,21,27H,9-14H2,1H3,(H,23,26)(H,24,28). The van der Waals surface area contributed by atoms with Crippen molar-refractivity contribution in [1.82, 2.24) is 4.90 Å². The Bertz CT molecular complexity index is 832. The summed E-state index contributed by atoms with van der Waals surface area (Å²) in [5, 5.41) is 15.9. The lowest BCUT2D eigenvalue weighted by molar-refractivity contribution is -0.114. The van der Waals surface area contributed by atoms with Gasteiger partial charge in [-0.25, -0.2) is 0 Å². The van der Waals surface area contributed by atoms with Crippen LogP contribution in [0.5, 0.6) is 0 Å². The number of morpholine rings is 1. The molecular formula is C22H27N3O4. The molecule has 1 unspecified atom stereocenters. The van der Waals surface area contributed by atoms with Crippen LogP contribution >= 0.6 is 0 Å². The average Bonchev–Trinajstić information content (AvgIpc) is 2.73. The van der Waals surface area contributed by atoms with E-state index in [4.69, 9.17) is 4.74 Å². The number of nitrogens with zero attached hydrogens (tertiary/aromatic N) is 1. The number of amides is 2. The number of carbonyl (C=O) groups excluding carboxylic acids is 2. The number of anilines is 2. The summed E-state index contributed by atoms with van der Waals surface area (Å²) in [6.07, 6.45) is 0.110. The van der Waals surface area contributed by atoms with Gasteiger partial charge in [-0.15, -0.1) is 0 Å². The molecule has 7 nitrogen and oxygen atoms in total. The summed E-state index contributed by atoms with van der Waals surface area (Å²) < 4.78 is 5.33. The van der Waals surface area contributed by atoms with Gasteiger partial charge in [-0.3, -0.25) is 14.5 Å². The Labute approximate surface area is 170 Å². The number of ether oxygens (including phenoxy) is 1. The van der Waals surface area contributed by atoms with Crippen LogP contribution in [0.15, 0.2) is 48.5 Å². The third kappa shape index (κ3) is 6.39. The van der Waals surface area contributed by atoms with Crippen LogP contribution in [0.2, 0.25) is 0 Å². The van der Waals surface area contributed by atoms with Gasteiger partial charge >= 0.3 is 0 Å². The van der Waals surface area contributed by atoms with Crippen molar-refractivity contribution in [2.45, 2.75) is 19.4 Å². The van der Waals surface area contributed by atoms with Crippen molar-refractivity contribution in [3.63, 3.8) is 0 Å². The SMILES string of the molecule is CC(=O)Nc1cccc(C(=O)Nc2ccc(C(O)CCN3CCOCC3)cc2)c1. The van der Waals surface area contributed by atoms with E-state index in [9.17, 15) is 14.7 Å². The fourth-order valence-electron chi connectivity index (χ4n) is 3.23. The Kier molecular flexibility index (Phi) is 7.35. The van der Waals surface area contributed by atoms with E-state index in [0.29, 0.717) is 23.4 Å². The van der Waals surface area contributed by atoms with Gasteiger partial charge in [-0.1, -0.05) is 18.2 Å². The van der Waals surface area contributed by atoms with Crippen molar-refractivity contribution in [3.05, 3.63) is 59.7 Å². The second-order valence-electron chi connectivity index (χ2n) is 7.10. The molecule has 7 heteroatoms. The Morgan fingerprint density at radius 3 is 2.48 bits per heavy atom. The number of hydrogen-bond acceptors (Lipinski definition) is 5. The third-order valence-electron chi connectivity index (χ3n) is 4.82. The van der Waals surface area contributed by atoms with Crippen LogP contribution in [0.4, 0.5) is 11.4 Å². The molecule has 1 atom stereocenters. The topological polar surface area (TPSA) is 90.9 Å². The molecule has 1 heterocycles. The summed E-state index contributed by atoms with van der Waals surface area (Å²) in [7, 11) is 0. The monoisotopic (exact) mass is 397 g/mol. The van der Waals surface area contributed by atoms with Crippen LogP contribution in [0.3, 0.4) is 0 Å². The average molecular weight is 397 g/mol. The fourth-order valence-corrected chi connectivity index (χ4v) is 3.23. The smallest absolute Gasteiger partial charge is 0.255 e. The quantitative estimate of drug-likeness (QED) is 0.668. The van der Waals surface area contributed by atoms with Gasteiger partial charge in [0.25, 0.3) is 5.91 Å². The minimum atomic E-state index is -0.545. The molecule has 3 N–H and O–H groups in total. The molecule has 3 rings (SSSR count). The number of aliphatic hydroxyl groups is 1. The van der Waals surface area contributed by atoms with Crippen molar-refractivity contribution < 1.29 is 19.4 Å².